The Balaban J connectivity index is 2.47. The van der Waals surface area contributed by atoms with Gasteiger partial charge in [0.1, 0.15) is 12.3 Å². The second-order valence-corrected chi connectivity index (χ2v) is 7.98. The summed E-state index contributed by atoms with van der Waals surface area (Å²) in [5.41, 5.74) is 1.08. The van der Waals surface area contributed by atoms with E-state index in [9.17, 15) is 4.79 Å². The summed E-state index contributed by atoms with van der Waals surface area (Å²) in [6, 6.07) is 0. The molecular weight excluding hydrogens is 294 g/mol. The largest absolute Gasteiger partial charge is 0.456 e. The van der Waals surface area contributed by atoms with Gasteiger partial charge in [0.05, 0.1) is 19.4 Å². The van der Waals surface area contributed by atoms with Gasteiger partial charge in [-0.2, -0.15) is 0 Å². The van der Waals surface area contributed by atoms with Crippen LogP contribution in [-0.4, -0.2) is 34.2 Å². The van der Waals surface area contributed by atoms with Gasteiger partial charge >= 0.3 is 5.97 Å². The summed E-state index contributed by atoms with van der Waals surface area (Å²) in [7, 11) is 0. The van der Waals surface area contributed by atoms with E-state index in [2.05, 4.69) is 51.5 Å². The molecule has 0 amide bonds. The lowest BCUT2D eigenvalue weighted by molar-refractivity contribution is -0.140. The molecule has 0 N–H and O–H groups in total. The van der Waals surface area contributed by atoms with Crippen molar-refractivity contribution in [1.82, 2.24) is 15.0 Å². The van der Waals surface area contributed by atoms with Gasteiger partial charge in [0.15, 0.2) is 0 Å². The number of hydrogen-bond donors (Lipinski definition) is 0. The molecule has 1 aromatic heterocycles. The van der Waals surface area contributed by atoms with Crippen molar-refractivity contribution in [2.24, 2.45) is 10.8 Å². The van der Waals surface area contributed by atoms with Gasteiger partial charge in [-0.15, -0.1) is 5.10 Å². The van der Waals surface area contributed by atoms with Crippen molar-refractivity contribution >= 4 is 5.97 Å². The maximum absolute atomic E-state index is 11.4. The van der Waals surface area contributed by atoms with Gasteiger partial charge in [0.25, 0.3) is 0 Å². The molecule has 0 aliphatic heterocycles. The topological polar surface area (TPSA) is 66.2 Å². The summed E-state index contributed by atoms with van der Waals surface area (Å²) in [4.78, 5) is 11.4. The maximum atomic E-state index is 11.4. The zero-order chi connectivity index (χ0) is 17.7. The summed E-state index contributed by atoms with van der Waals surface area (Å²) in [5, 5.41) is 8.09. The standard InChI is InChI=1S/C17H29N3O3/c1-13(2)15(21)23-9-14-8-20(19-18-14)10-17(6,7)12-22-11-16(3,4)5/h8H,1,9-12H2,2-7H3. The molecule has 0 aliphatic carbocycles. The van der Waals surface area contributed by atoms with E-state index < -0.39 is 5.97 Å². The number of ether oxygens (including phenoxy) is 2. The number of hydrogen-bond acceptors (Lipinski definition) is 5. The zero-order valence-electron chi connectivity index (χ0n) is 15.2. The van der Waals surface area contributed by atoms with Gasteiger partial charge < -0.3 is 9.47 Å². The monoisotopic (exact) mass is 323 g/mol. The Hall–Kier alpha value is -1.69. The highest BCUT2D eigenvalue weighted by atomic mass is 16.5. The van der Waals surface area contributed by atoms with E-state index in [1.165, 1.54) is 0 Å². The molecule has 1 rings (SSSR count). The molecule has 0 atom stereocenters. The lowest BCUT2D eigenvalue weighted by atomic mass is 9.94. The summed E-state index contributed by atoms with van der Waals surface area (Å²) in [6.07, 6.45) is 1.79. The SMILES string of the molecule is C=C(C)C(=O)OCc1cn(CC(C)(C)COCC(C)(C)C)nn1. The van der Waals surface area contributed by atoms with Crippen LogP contribution in [0.2, 0.25) is 0 Å². The molecule has 0 saturated carbocycles. The molecule has 0 bridgehead atoms. The number of nitrogens with zero attached hydrogens (tertiary/aromatic N) is 3. The van der Waals surface area contributed by atoms with Crippen molar-refractivity contribution in [1.29, 1.82) is 0 Å². The first-order valence-corrected chi connectivity index (χ1v) is 7.78. The molecule has 130 valence electrons. The lowest BCUT2D eigenvalue weighted by Gasteiger charge is -2.26. The lowest BCUT2D eigenvalue weighted by Crippen LogP contribution is -2.28. The van der Waals surface area contributed by atoms with Gasteiger partial charge in [-0.1, -0.05) is 46.4 Å². The Morgan fingerprint density at radius 3 is 2.48 bits per heavy atom. The van der Waals surface area contributed by atoms with Crippen molar-refractivity contribution in [2.45, 2.75) is 54.7 Å². The van der Waals surface area contributed by atoms with E-state index in [0.717, 1.165) is 6.61 Å². The van der Waals surface area contributed by atoms with Crippen molar-refractivity contribution < 1.29 is 14.3 Å². The molecule has 1 aromatic rings. The van der Waals surface area contributed by atoms with Crippen LogP contribution in [0.25, 0.3) is 0 Å². The Labute approximate surface area is 138 Å². The minimum Gasteiger partial charge on any atom is -0.456 e. The van der Waals surface area contributed by atoms with Gasteiger partial charge in [0.2, 0.25) is 0 Å². The third-order valence-corrected chi connectivity index (χ3v) is 2.90. The molecule has 23 heavy (non-hydrogen) atoms. The number of esters is 1. The van der Waals surface area contributed by atoms with E-state index in [0.29, 0.717) is 24.4 Å². The Kier molecular flexibility index (Phi) is 6.50. The predicted molar refractivity (Wildman–Crippen MR) is 88.7 cm³/mol. The summed E-state index contributed by atoms with van der Waals surface area (Å²) in [6.45, 7) is 18.0. The zero-order valence-corrected chi connectivity index (χ0v) is 15.2. The summed E-state index contributed by atoms with van der Waals surface area (Å²) in [5.74, 6) is -0.421. The quantitative estimate of drug-likeness (QED) is 0.543. The van der Waals surface area contributed by atoms with E-state index in [1.54, 1.807) is 17.8 Å². The minimum absolute atomic E-state index is 0.0649. The smallest absolute Gasteiger partial charge is 0.333 e. The molecule has 0 radical (unpaired) electrons. The molecule has 6 heteroatoms. The van der Waals surface area contributed by atoms with Crippen molar-refractivity contribution in [2.75, 3.05) is 13.2 Å². The summed E-state index contributed by atoms with van der Waals surface area (Å²) >= 11 is 0. The molecule has 0 aromatic carbocycles. The molecule has 0 saturated heterocycles. The first-order valence-electron chi connectivity index (χ1n) is 7.78. The van der Waals surface area contributed by atoms with Crippen molar-refractivity contribution in [3.63, 3.8) is 0 Å². The highest BCUT2D eigenvalue weighted by Gasteiger charge is 2.22. The maximum Gasteiger partial charge on any atom is 0.333 e. The third-order valence-electron chi connectivity index (χ3n) is 2.90. The molecule has 1 heterocycles. The average Bonchev–Trinajstić information content (AvgIpc) is 2.80. The fraction of sp³-hybridized carbons (Fsp3) is 0.706. The van der Waals surface area contributed by atoms with Crippen LogP contribution in [0.1, 0.15) is 47.2 Å². The fourth-order valence-corrected chi connectivity index (χ4v) is 1.86. The molecule has 6 nitrogen and oxygen atoms in total. The molecule has 0 fully saturated rings. The van der Waals surface area contributed by atoms with Gasteiger partial charge in [0, 0.05) is 17.5 Å². The van der Waals surface area contributed by atoms with E-state index in [4.69, 9.17) is 9.47 Å². The first-order chi connectivity index (χ1) is 10.5. The van der Waals surface area contributed by atoms with Gasteiger partial charge in [-0.05, 0) is 12.3 Å². The molecular formula is C17H29N3O3. The van der Waals surface area contributed by atoms with Gasteiger partial charge in [-0.3, -0.25) is 4.68 Å². The van der Waals surface area contributed by atoms with Crippen LogP contribution in [0.5, 0.6) is 0 Å². The highest BCUT2D eigenvalue weighted by molar-refractivity contribution is 5.86. The molecule has 0 unspecified atom stereocenters. The second kappa shape index (κ2) is 7.73. The van der Waals surface area contributed by atoms with Crippen LogP contribution in [0.15, 0.2) is 18.3 Å². The van der Waals surface area contributed by atoms with Crippen LogP contribution >= 0.6 is 0 Å². The molecule has 0 spiro atoms. The van der Waals surface area contributed by atoms with E-state index in [-0.39, 0.29) is 17.4 Å². The molecule has 0 aliphatic rings. The Bertz CT molecular complexity index is 542. The predicted octanol–water partition coefficient (Wildman–Crippen LogP) is 2.99. The minimum atomic E-state index is -0.421. The van der Waals surface area contributed by atoms with Crippen molar-refractivity contribution in [3.8, 4) is 0 Å². The number of rotatable bonds is 8. The third kappa shape index (κ3) is 7.93. The van der Waals surface area contributed by atoms with Crippen LogP contribution in [0.3, 0.4) is 0 Å². The van der Waals surface area contributed by atoms with Crippen LogP contribution in [0, 0.1) is 10.8 Å². The van der Waals surface area contributed by atoms with Gasteiger partial charge in [-0.25, -0.2) is 4.79 Å². The van der Waals surface area contributed by atoms with Crippen LogP contribution in [0.4, 0.5) is 0 Å². The van der Waals surface area contributed by atoms with Crippen LogP contribution < -0.4 is 0 Å². The fourth-order valence-electron chi connectivity index (χ4n) is 1.86. The number of carbonyl (C=O) groups is 1. The highest BCUT2D eigenvalue weighted by Crippen LogP contribution is 2.21. The van der Waals surface area contributed by atoms with E-state index >= 15 is 0 Å². The average molecular weight is 323 g/mol. The Morgan fingerprint density at radius 1 is 1.26 bits per heavy atom. The number of carbonyl (C=O) groups excluding carboxylic acids is 1. The normalized spacial score (nSPS) is 12.3. The van der Waals surface area contributed by atoms with E-state index in [1.807, 2.05) is 0 Å². The van der Waals surface area contributed by atoms with Crippen molar-refractivity contribution in [3.05, 3.63) is 24.0 Å². The second-order valence-electron chi connectivity index (χ2n) is 7.98. The number of aromatic nitrogens is 3. The first kappa shape index (κ1) is 19.4. The Morgan fingerprint density at radius 2 is 1.91 bits per heavy atom. The summed E-state index contributed by atoms with van der Waals surface area (Å²) < 4.78 is 12.6. The van der Waals surface area contributed by atoms with Crippen LogP contribution in [-0.2, 0) is 27.4 Å².